The summed E-state index contributed by atoms with van der Waals surface area (Å²) in [5, 5.41) is 7.29. The molecule has 152 valence electrons. The Labute approximate surface area is 178 Å². The van der Waals surface area contributed by atoms with Crippen LogP contribution in [0.1, 0.15) is 11.3 Å². The zero-order chi connectivity index (χ0) is 21.0. The minimum atomic E-state index is -4.55. The molecule has 2 N–H and O–H groups in total. The average Bonchev–Trinajstić information content (AvgIpc) is 3.09. The van der Waals surface area contributed by atoms with Crippen LogP contribution in [0.2, 0.25) is 5.02 Å². The topological polar surface area (TPSA) is 54.0 Å². The molecule has 0 fully saturated rings. The molecule has 1 aromatic heterocycles. The van der Waals surface area contributed by atoms with Crippen molar-refractivity contribution in [2.75, 3.05) is 16.9 Å². The van der Waals surface area contributed by atoms with Gasteiger partial charge in [-0.25, -0.2) is 4.98 Å². The number of halogens is 4. The summed E-state index contributed by atoms with van der Waals surface area (Å²) in [5.74, 6) is -0.232. The molecule has 1 amide bonds. The van der Waals surface area contributed by atoms with Crippen molar-refractivity contribution in [1.29, 1.82) is 0 Å². The first-order valence-corrected chi connectivity index (χ1v) is 10.7. The summed E-state index contributed by atoms with van der Waals surface area (Å²) in [5.41, 5.74) is 0.483. The second-order valence-electron chi connectivity index (χ2n) is 5.91. The van der Waals surface area contributed by atoms with Crippen molar-refractivity contribution >= 4 is 57.1 Å². The first-order chi connectivity index (χ1) is 13.7. The zero-order valence-electron chi connectivity index (χ0n) is 15.0. The van der Waals surface area contributed by atoms with Gasteiger partial charge >= 0.3 is 6.18 Å². The van der Waals surface area contributed by atoms with Gasteiger partial charge in [0.1, 0.15) is 0 Å². The van der Waals surface area contributed by atoms with Crippen LogP contribution >= 0.6 is 34.7 Å². The van der Waals surface area contributed by atoms with Gasteiger partial charge in [-0.3, -0.25) is 4.79 Å². The number of thiazole rings is 1. The zero-order valence-corrected chi connectivity index (χ0v) is 17.4. The molecular formula is C19H15ClF3N3OS2. The molecule has 0 atom stereocenters. The number of hydrogen-bond acceptors (Lipinski definition) is 5. The van der Waals surface area contributed by atoms with E-state index in [4.69, 9.17) is 11.6 Å². The molecule has 0 aliphatic rings. The summed E-state index contributed by atoms with van der Waals surface area (Å²) in [6, 6.07) is 11.0. The van der Waals surface area contributed by atoms with Gasteiger partial charge in [-0.2, -0.15) is 13.2 Å². The number of aromatic nitrogens is 1. The molecule has 0 saturated heterocycles. The van der Waals surface area contributed by atoms with Crippen molar-refractivity contribution in [2.24, 2.45) is 0 Å². The highest BCUT2D eigenvalue weighted by atomic mass is 35.5. The lowest BCUT2D eigenvalue weighted by atomic mass is 10.2. The molecule has 4 nitrogen and oxygen atoms in total. The number of rotatable bonds is 6. The van der Waals surface area contributed by atoms with Crippen molar-refractivity contribution in [1.82, 2.24) is 4.98 Å². The summed E-state index contributed by atoms with van der Waals surface area (Å²) in [4.78, 5) is 17.5. The Morgan fingerprint density at radius 2 is 1.86 bits per heavy atom. The first kappa shape index (κ1) is 21.5. The molecule has 10 heteroatoms. The van der Waals surface area contributed by atoms with Gasteiger partial charge in [0.15, 0.2) is 5.13 Å². The summed E-state index contributed by atoms with van der Waals surface area (Å²) in [6.45, 7) is 0. The molecule has 0 aliphatic heterocycles. The molecule has 0 spiro atoms. The number of anilines is 3. The van der Waals surface area contributed by atoms with Gasteiger partial charge in [-0.05, 0) is 48.7 Å². The van der Waals surface area contributed by atoms with Crippen molar-refractivity contribution in [3.63, 3.8) is 0 Å². The maximum Gasteiger partial charge on any atom is 0.417 e. The lowest BCUT2D eigenvalue weighted by molar-refractivity contribution is -0.137. The summed E-state index contributed by atoms with van der Waals surface area (Å²) < 4.78 is 38.9. The molecule has 0 unspecified atom stereocenters. The lowest BCUT2D eigenvalue weighted by Crippen LogP contribution is -2.14. The summed E-state index contributed by atoms with van der Waals surface area (Å²) >= 11 is 8.43. The highest BCUT2D eigenvalue weighted by Crippen LogP contribution is 2.37. The monoisotopic (exact) mass is 457 g/mol. The van der Waals surface area contributed by atoms with E-state index in [0.29, 0.717) is 16.5 Å². The smallest absolute Gasteiger partial charge is 0.332 e. The van der Waals surface area contributed by atoms with E-state index in [1.807, 2.05) is 30.5 Å². The third-order valence-corrected chi connectivity index (χ3v) is 5.67. The minimum absolute atomic E-state index is 0.0525. The predicted octanol–water partition coefficient (Wildman–Crippen LogP) is 6.46. The van der Waals surface area contributed by atoms with Crippen LogP contribution in [0.3, 0.4) is 0 Å². The molecular weight excluding hydrogens is 443 g/mol. The van der Waals surface area contributed by atoms with Crippen LogP contribution in [-0.4, -0.2) is 17.1 Å². The Hall–Kier alpha value is -2.23. The summed E-state index contributed by atoms with van der Waals surface area (Å²) in [6.07, 6.45) is -2.53. The van der Waals surface area contributed by atoms with Gasteiger partial charge in [-0.1, -0.05) is 11.6 Å². The molecule has 0 saturated carbocycles. The quantitative estimate of drug-likeness (QED) is 0.417. The van der Waals surface area contributed by atoms with Crippen LogP contribution in [0.15, 0.2) is 52.7 Å². The Balaban J connectivity index is 1.62. The molecule has 0 aliphatic carbocycles. The van der Waals surface area contributed by atoms with Gasteiger partial charge in [0.05, 0.1) is 22.7 Å². The summed E-state index contributed by atoms with van der Waals surface area (Å²) in [7, 11) is 0. The van der Waals surface area contributed by atoms with Crippen LogP contribution in [0.4, 0.5) is 29.7 Å². The van der Waals surface area contributed by atoms with E-state index >= 15 is 0 Å². The van der Waals surface area contributed by atoms with Crippen molar-refractivity contribution in [2.45, 2.75) is 17.5 Å². The molecule has 29 heavy (non-hydrogen) atoms. The lowest BCUT2D eigenvalue weighted by Gasteiger charge is -2.11. The molecule has 0 radical (unpaired) electrons. The number of carbonyl (C=O) groups is 1. The van der Waals surface area contributed by atoms with E-state index in [0.717, 1.165) is 11.0 Å². The van der Waals surface area contributed by atoms with Crippen molar-refractivity contribution < 1.29 is 18.0 Å². The molecule has 3 aromatic rings. The average molecular weight is 458 g/mol. The van der Waals surface area contributed by atoms with Gasteiger partial charge in [0.2, 0.25) is 5.91 Å². The highest BCUT2D eigenvalue weighted by Gasteiger charge is 2.33. The third-order valence-electron chi connectivity index (χ3n) is 3.79. The van der Waals surface area contributed by atoms with Gasteiger partial charge in [0.25, 0.3) is 0 Å². The third kappa shape index (κ3) is 5.88. The Morgan fingerprint density at radius 3 is 2.52 bits per heavy atom. The van der Waals surface area contributed by atoms with E-state index in [-0.39, 0.29) is 23.0 Å². The molecule has 1 heterocycles. The van der Waals surface area contributed by atoms with Crippen molar-refractivity contribution in [3.8, 4) is 0 Å². The maximum absolute atomic E-state index is 13.0. The standard InChI is InChI=1S/C19H15ClF3N3OS2/c1-28-14-5-2-11(3-6-14)24-17(27)9-13-10-29-18(26-13)25-12-4-7-16(20)15(8-12)19(21,22)23/h2-8,10H,9H2,1H3,(H,24,27)(H,25,26). The van der Waals surface area contributed by atoms with E-state index in [1.165, 1.54) is 23.5 Å². The van der Waals surface area contributed by atoms with Crippen molar-refractivity contribution in [3.05, 3.63) is 64.1 Å². The van der Waals surface area contributed by atoms with Crippen LogP contribution < -0.4 is 10.6 Å². The van der Waals surface area contributed by atoms with E-state index in [9.17, 15) is 18.0 Å². The van der Waals surface area contributed by atoms with E-state index < -0.39 is 11.7 Å². The second-order valence-corrected chi connectivity index (χ2v) is 8.06. The van der Waals surface area contributed by atoms with Crippen LogP contribution in [-0.2, 0) is 17.4 Å². The Morgan fingerprint density at radius 1 is 1.17 bits per heavy atom. The highest BCUT2D eigenvalue weighted by molar-refractivity contribution is 7.98. The Bertz CT molecular complexity index is 1010. The maximum atomic E-state index is 13.0. The molecule has 0 bridgehead atoms. The largest absolute Gasteiger partial charge is 0.417 e. The number of benzene rings is 2. The number of nitrogens with one attached hydrogen (secondary N) is 2. The minimum Gasteiger partial charge on any atom is -0.332 e. The molecule has 2 aromatic carbocycles. The Kier molecular flexibility index (Phi) is 6.71. The fourth-order valence-corrected chi connectivity index (χ4v) is 3.80. The van der Waals surface area contributed by atoms with Crippen LogP contribution in [0.25, 0.3) is 0 Å². The fourth-order valence-electron chi connectivity index (χ4n) is 2.43. The second kappa shape index (κ2) is 9.06. The predicted molar refractivity (Wildman–Crippen MR) is 112 cm³/mol. The number of amides is 1. The van der Waals surface area contributed by atoms with Gasteiger partial charge < -0.3 is 10.6 Å². The van der Waals surface area contributed by atoms with E-state index in [2.05, 4.69) is 15.6 Å². The fraction of sp³-hybridized carbons (Fsp3) is 0.158. The normalized spacial score (nSPS) is 11.3. The van der Waals surface area contributed by atoms with E-state index in [1.54, 1.807) is 17.1 Å². The SMILES string of the molecule is CSc1ccc(NC(=O)Cc2csc(Nc3ccc(Cl)c(C(F)(F)F)c3)n2)cc1. The molecule has 3 rings (SSSR count). The van der Waals surface area contributed by atoms with Crippen LogP contribution in [0.5, 0.6) is 0 Å². The number of alkyl halides is 3. The number of nitrogens with zero attached hydrogens (tertiary/aromatic N) is 1. The number of thioether (sulfide) groups is 1. The van der Waals surface area contributed by atoms with Gasteiger partial charge in [0, 0.05) is 21.7 Å². The number of carbonyl (C=O) groups excluding carboxylic acids is 1. The van der Waals surface area contributed by atoms with Gasteiger partial charge in [-0.15, -0.1) is 23.1 Å². The van der Waals surface area contributed by atoms with Crippen LogP contribution in [0, 0.1) is 0 Å². The number of hydrogen-bond donors (Lipinski definition) is 2. The first-order valence-electron chi connectivity index (χ1n) is 8.26.